The lowest BCUT2D eigenvalue weighted by molar-refractivity contribution is 0.104. The molecule has 3 rings (SSSR count). The molecular weight excluding hydrogens is 256 g/mol. The van der Waals surface area contributed by atoms with Crippen molar-refractivity contribution in [3.05, 3.63) is 58.7 Å². The van der Waals surface area contributed by atoms with Crippen molar-refractivity contribution < 1.29 is 20.1 Å². The van der Waals surface area contributed by atoms with Crippen molar-refractivity contribution in [2.45, 2.75) is 6.42 Å². The smallest absolute Gasteiger partial charge is 0.189 e. The van der Waals surface area contributed by atoms with Crippen LogP contribution in [0.1, 0.15) is 21.5 Å². The number of ketones is 1. The van der Waals surface area contributed by atoms with Crippen molar-refractivity contribution >= 4 is 11.9 Å². The Morgan fingerprint density at radius 3 is 2.50 bits per heavy atom. The molecule has 0 bridgehead atoms. The first kappa shape index (κ1) is 12.3. The molecule has 0 amide bonds. The predicted octanol–water partition coefficient (Wildman–Crippen LogP) is 2.63. The third kappa shape index (κ3) is 2.01. The Kier molecular flexibility index (Phi) is 2.71. The van der Waals surface area contributed by atoms with Gasteiger partial charge in [-0.05, 0) is 41.5 Å². The van der Waals surface area contributed by atoms with Crippen LogP contribution in [0.5, 0.6) is 17.2 Å². The van der Waals surface area contributed by atoms with E-state index in [1.165, 1.54) is 18.2 Å². The highest BCUT2D eigenvalue weighted by atomic mass is 16.3. The molecule has 4 nitrogen and oxygen atoms in total. The summed E-state index contributed by atoms with van der Waals surface area (Å²) in [5.74, 6) is -0.470. The fourth-order valence-corrected chi connectivity index (χ4v) is 2.34. The molecule has 0 spiro atoms. The molecule has 4 heteroatoms. The van der Waals surface area contributed by atoms with Crippen LogP contribution in [0.4, 0.5) is 0 Å². The predicted molar refractivity (Wildman–Crippen MR) is 73.9 cm³/mol. The van der Waals surface area contributed by atoms with Crippen LogP contribution < -0.4 is 0 Å². The maximum Gasteiger partial charge on any atom is 0.189 e. The SMILES string of the molecule is O=C1C(=Cc2ccc(O)c(O)c2)Cc2ccc(O)cc21. The molecule has 0 saturated carbocycles. The van der Waals surface area contributed by atoms with E-state index in [2.05, 4.69) is 0 Å². The molecule has 100 valence electrons. The molecule has 0 saturated heterocycles. The van der Waals surface area contributed by atoms with E-state index in [1.54, 1.807) is 24.3 Å². The number of fused-ring (bicyclic) bond motifs is 1. The summed E-state index contributed by atoms with van der Waals surface area (Å²) in [5.41, 5.74) is 2.62. The first-order chi connectivity index (χ1) is 9.54. The molecule has 0 atom stereocenters. The molecule has 2 aromatic carbocycles. The minimum Gasteiger partial charge on any atom is -0.508 e. The van der Waals surface area contributed by atoms with Crippen LogP contribution in [0.15, 0.2) is 42.0 Å². The molecule has 3 N–H and O–H groups in total. The normalized spacial score (nSPS) is 15.6. The molecule has 0 unspecified atom stereocenters. The van der Waals surface area contributed by atoms with Crippen LogP contribution in [0, 0.1) is 0 Å². The lowest BCUT2D eigenvalue weighted by Crippen LogP contribution is -1.95. The first-order valence-corrected chi connectivity index (χ1v) is 6.14. The van der Waals surface area contributed by atoms with Gasteiger partial charge in [0.2, 0.25) is 0 Å². The van der Waals surface area contributed by atoms with Gasteiger partial charge in [-0.3, -0.25) is 4.79 Å². The van der Waals surface area contributed by atoms with Gasteiger partial charge in [0.15, 0.2) is 17.3 Å². The lowest BCUT2D eigenvalue weighted by atomic mass is 10.1. The summed E-state index contributed by atoms with van der Waals surface area (Å²) >= 11 is 0. The zero-order valence-electron chi connectivity index (χ0n) is 10.5. The van der Waals surface area contributed by atoms with Crippen molar-refractivity contribution in [3.8, 4) is 17.2 Å². The van der Waals surface area contributed by atoms with Gasteiger partial charge < -0.3 is 15.3 Å². The number of rotatable bonds is 1. The number of benzene rings is 2. The quantitative estimate of drug-likeness (QED) is 0.549. The Labute approximate surface area is 115 Å². The number of aromatic hydroxyl groups is 3. The fourth-order valence-electron chi connectivity index (χ4n) is 2.34. The van der Waals surface area contributed by atoms with Gasteiger partial charge in [0.25, 0.3) is 0 Å². The van der Waals surface area contributed by atoms with Gasteiger partial charge >= 0.3 is 0 Å². The molecule has 0 heterocycles. The Bertz CT molecular complexity index is 744. The van der Waals surface area contributed by atoms with Crippen LogP contribution in [-0.2, 0) is 6.42 Å². The van der Waals surface area contributed by atoms with Crippen LogP contribution >= 0.6 is 0 Å². The maximum atomic E-state index is 12.2. The number of carbonyl (C=O) groups is 1. The van der Waals surface area contributed by atoms with E-state index < -0.39 is 0 Å². The van der Waals surface area contributed by atoms with E-state index in [1.807, 2.05) is 0 Å². The van der Waals surface area contributed by atoms with Gasteiger partial charge in [-0.25, -0.2) is 0 Å². The molecule has 0 fully saturated rings. The topological polar surface area (TPSA) is 77.8 Å². The second-order valence-electron chi connectivity index (χ2n) is 4.77. The number of phenolic OH excluding ortho intramolecular Hbond substituents is 3. The van der Waals surface area contributed by atoms with Crippen LogP contribution in [0.2, 0.25) is 0 Å². The Balaban J connectivity index is 1.99. The summed E-state index contributed by atoms with van der Waals surface area (Å²) in [7, 11) is 0. The van der Waals surface area contributed by atoms with Crippen LogP contribution in [0.25, 0.3) is 6.08 Å². The second kappa shape index (κ2) is 4.42. The van der Waals surface area contributed by atoms with Gasteiger partial charge in [0.05, 0.1) is 0 Å². The van der Waals surface area contributed by atoms with E-state index in [4.69, 9.17) is 0 Å². The second-order valence-corrected chi connectivity index (χ2v) is 4.77. The van der Waals surface area contributed by atoms with Crippen molar-refractivity contribution in [2.75, 3.05) is 0 Å². The molecule has 0 radical (unpaired) electrons. The van der Waals surface area contributed by atoms with Gasteiger partial charge in [-0.2, -0.15) is 0 Å². The van der Waals surface area contributed by atoms with Crippen molar-refractivity contribution in [2.24, 2.45) is 0 Å². The molecule has 0 aliphatic heterocycles. The van der Waals surface area contributed by atoms with Gasteiger partial charge in [0.1, 0.15) is 5.75 Å². The molecule has 1 aliphatic rings. The standard InChI is InChI=1S/C16H12O4/c17-12-3-2-10-7-11(16(20)13(10)8-12)5-9-1-4-14(18)15(19)6-9/h1-6,8,17-19H,7H2. The van der Waals surface area contributed by atoms with E-state index in [-0.39, 0.29) is 23.0 Å². The number of carbonyl (C=O) groups excluding carboxylic acids is 1. The molecule has 20 heavy (non-hydrogen) atoms. The average molecular weight is 268 g/mol. The highest BCUT2D eigenvalue weighted by molar-refractivity contribution is 6.15. The lowest BCUT2D eigenvalue weighted by Gasteiger charge is -2.00. The van der Waals surface area contributed by atoms with Gasteiger partial charge in [0, 0.05) is 17.6 Å². The summed E-state index contributed by atoms with van der Waals surface area (Å²) in [6, 6.07) is 9.15. The third-order valence-corrected chi connectivity index (χ3v) is 3.35. The van der Waals surface area contributed by atoms with E-state index in [0.717, 1.165) is 5.56 Å². The summed E-state index contributed by atoms with van der Waals surface area (Å²) in [4.78, 5) is 12.2. The molecule has 2 aromatic rings. The van der Waals surface area contributed by atoms with Crippen LogP contribution in [-0.4, -0.2) is 21.1 Å². The highest BCUT2D eigenvalue weighted by Crippen LogP contribution is 2.31. The number of hydrogen-bond donors (Lipinski definition) is 3. The Morgan fingerprint density at radius 1 is 0.950 bits per heavy atom. The van der Waals surface area contributed by atoms with E-state index >= 15 is 0 Å². The van der Waals surface area contributed by atoms with Crippen molar-refractivity contribution in [1.82, 2.24) is 0 Å². The fraction of sp³-hybridized carbons (Fsp3) is 0.0625. The zero-order valence-corrected chi connectivity index (χ0v) is 10.5. The Hall–Kier alpha value is -2.75. The summed E-state index contributed by atoms with van der Waals surface area (Å²) in [5, 5.41) is 28.1. The first-order valence-electron chi connectivity index (χ1n) is 6.14. The van der Waals surface area contributed by atoms with Gasteiger partial charge in [-0.1, -0.05) is 12.1 Å². The number of Topliss-reactive ketones (excluding diaryl/α,β-unsaturated/α-hetero) is 1. The monoisotopic (exact) mass is 268 g/mol. The summed E-state index contributed by atoms with van der Waals surface area (Å²) < 4.78 is 0. The maximum absolute atomic E-state index is 12.2. The van der Waals surface area contributed by atoms with Crippen molar-refractivity contribution in [3.63, 3.8) is 0 Å². The average Bonchev–Trinajstić information content (AvgIpc) is 2.71. The largest absolute Gasteiger partial charge is 0.508 e. The minimum absolute atomic E-state index is 0.0700. The molecule has 0 aromatic heterocycles. The number of phenols is 3. The number of allylic oxidation sites excluding steroid dienone is 1. The van der Waals surface area contributed by atoms with Crippen molar-refractivity contribution in [1.29, 1.82) is 0 Å². The Morgan fingerprint density at radius 2 is 1.75 bits per heavy atom. The zero-order chi connectivity index (χ0) is 14.3. The van der Waals surface area contributed by atoms with Crippen LogP contribution in [0.3, 0.4) is 0 Å². The highest BCUT2D eigenvalue weighted by Gasteiger charge is 2.24. The minimum atomic E-state index is -0.222. The van der Waals surface area contributed by atoms with Gasteiger partial charge in [-0.15, -0.1) is 0 Å². The summed E-state index contributed by atoms with van der Waals surface area (Å²) in [6.45, 7) is 0. The van der Waals surface area contributed by atoms with E-state index in [9.17, 15) is 20.1 Å². The number of hydrogen-bond acceptors (Lipinski definition) is 4. The molecular formula is C16H12O4. The summed E-state index contributed by atoms with van der Waals surface area (Å²) in [6.07, 6.45) is 2.18. The van der Waals surface area contributed by atoms with E-state index in [0.29, 0.717) is 23.1 Å². The third-order valence-electron chi connectivity index (χ3n) is 3.35. The molecule has 1 aliphatic carbocycles.